The van der Waals surface area contributed by atoms with Gasteiger partial charge in [0.25, 0.3) is 0 Å². The molecule has 0 spiro atoms. The van der Waals surface area contributed by atoms with Crippen molar-refractivity contribution < 1.29 is 4.79 Å². The van der Waals surface area contributed by atoms with Gasteiger partial charge in [-0.15, -0.1) is 11.3 Å². The van der Waals surface area contributed by atoms with Gasteiger partial charge in [-0.25, -0.2) is 9.78 Å². The topological polar surface area (TPSA) is 48.5 Å². The van der Waals surface area contributed by atoms with Crippen molar-refractivity contribution in [2.24, 2.45) is 0 Å². The van der Waals surface area contributed by atoms with E-state index in [2.05, 4.69) is 20.6 Å². The first-order valence-electron chi connectivity index (χ1n) is 7.04. The standard InChI is InChI=1S/C14H24N4OS/c1-11-15-12(10-20-11)9-17-5-7-18(8-6-17)13(19)16-14(2,3)4/h10H,5-9H2,1-4H3,(H,16,19). The molecule has 1 N–H and O–H groups in total. The van der Waals surface area contributed by atoms with Crippen LogP contribution in [-0.2, 0) is 6.54 Å². The Morgan fingerprint density at radius 1 is 1.35 bits per heavy atom. The van der Waals surface area contributed by atoms with E-state index in [0.717, 1.165) is 43.4 Å². The number of urea groups is 1. The van der Waals surface area contributed by atoms with Crippen LogP contribution in [0.2, 0.25) is 0 Å². The van der Waals surface area contributed by atoms with Crippen LogP contribution in [0.1, 0.15) is 31.5 Å². The fraction of sp³-hybridized carbons (Fsp3) is 0.714. The molecule has 0 aromatic carbocycles. The molecule has 1 aliphatic rings. The molecular formula is C14H24N4OS. The van der Waals surface area contributed by atoms with E-state index in [0.29, 0.717) is 0 Å². The Kier molecular flexibility index (Phi) is 4.65. The lowest BCUT2D eigenvalue weighted by molar-refractivity contribution is 0.130. The van der Waals surface area contributed by atoms with Gasteiger partial charge in [-0.1, -0.05) is 0 Å². The van der Waals surface area contributed by atoms with Crippen molar-refractivity contribution in [3.8, 4) is 0 Å². The Labute approximate surface area is 125 Å². The van der Waals surface area contributed by atoms with Crippen molar-refractivity contribution in [3.63, 3.8) is 0 Å². The summed E-state index contributed by atoms with van der Waals surface area (Å²) in [5.41, 5.74) is 0.965. The molecular weight excluding hydrogens is 272 g/mol. The molecule has 2 heterocycles. The first kappa shape index (κ1) is 15.3. The fourth-order valence-electron chi connectivity index (χ4n) is 2.22. The van der Waals surface area contributed by atoms with Gasteiger partial charge in [0.15, 0.2) is 0 Å². The van der Waals surface area contributed by atoms with Crippen molar-refractivity contribution in [1.29, 1.82) is 0 Å². The van der Waals surface area contributed by atoms with Crippen molar-refractivity contribution in [3.05, 3.63) is 16.1 Å². The quantitative estimate of drug-likeness (QED) is 0.909. The van der Waals surface area contributed by atoms with Crippen LogP contribution in [0.5, 0.6) is 0 Å². The second-order valence-electron chi connectivity index (χ2n) is 6.30. The van der Waals surface area contributed by atoms with Gasteiger partial charge in [0, 0.05) is 43.6 Å². The predicted octanol–water partition coefficient (Wildman–Crippen LogP) is 2.08. The lowest BCUT2D eigenvalue weighted by atomic mass is 10.1. The van der Waals surface area contributed by atoms with E-state index in [1.54, 1.807) is 11.3 Å². The van der Waals surface area contributed by atoms with Crippen LogP contribution in [0.4, 0.5) is 4.79 Å². The number of carbonyl (C=O) groups excluding carboxylic acids is 1. The van der Waals surface area contributed by atoms with Crippen LogP contribution in [0.3, 0.4) is 0 Å². The Morgan fingerprint density at radius 2 is 2.00 bits per heavy atom. The van der Waals surface area contributed by atoms with Crippen molar-refractivity contribution >= 4 is 17.4 Å². The monoisotopic (exact) mass is 296 g/mol. The normalized spacial score (nSPS) is 17.3. The summed E-state index contributed by atoms with van der Waals surface area (Å²) >= 11 is 1.69. The molecule has 1 aliphatic heterocycles. The van der Waals surface area contributed by atoms with Gasteiger partial charge in [-0.3, -0.25) is 4.90 Å². The maximum atomic E-state index is 12.1. The highest BCUT2D eigenvalue weighted by Crippen LogP contribution is 2.12. The summed E-state index contributed by atoms with van der Waals surface area (Å²) in [5, 5.41) is 6.25. The van der Waals surface area contributed by atoms with Gasteiger partial charge in [0.05, 0.1) is 10.7 Å². The molecule has 2 amide bonds. The largest absolute Gasteiger partial charge is 0.333 e. The smallest absolute Gasteiger partial charge is 0.317 e. The second-order valence-corrected chi connectivity index (χ2v) is 7.36. The first-order valence-corrected chi connectivity index (χ1v) is 7.92. The molecule has 0 radical (unpaired) electrons. The zero-order chi connectivity index (χ0) is 14.8. The number of hydrogen-bond donors (Lipinski definition) is 1. The number of amides is 2. The minimum Gasteiger partial charge on any atom is -0.333 e. The van der Waals surface area contributed by atoms with E-state index in [4.69, 9.17) is 0 Å². The van der Waals surface area contributed by atoms with Crippen LogP contribution >= 0.6 is 11.3 Å². The zero-order valence-corrected chi connectivity index (χ0v) is 13.6. The summed E-state index contributed by atoms with van der Waals surface area (Å²) in [6, 6.07) is 0.0432. The average Bonchev–Trinajstić information content (AvgIpc) is 2.73. The number of aromatic nitrogens is 1. The number of thiazole rings is 1. The molecule has 112 valence electrons. The highest BCUT2D eigenvalue weighted by atomic mass is 32.1. The molecule has 5 nitrogen and oxygen atoms in total. The van der Waals surface area contributed by atoms with E-state index in [1.807, 2.05) is 32.6 Å². The van der Waals surface area contributed by atoms with Crippen LogP contribution in [0.15, 0.2) is 5.38 Å². The molecule has 0 aliphatic carbocycles. The third-order valence-electron chi connectivity index (χ3n) is 3.19. The molecule has 1 fully saturated rings. The predicted molar refractivity (Wildman–Crippen MR) is 82.0 cm³/mol. The molecule has 20 heavy (non-hydrogen) atoms. The first-order chi connectivity index (χ1) is 9.33. The van der Waals surface area contributed by atoms with E-state index in [9.17, 15) is 4.79 Å². The van der Waals surface area contributed by atoms with Crippen LogP contribution < -0.4 is 5.32 Å². The second kappa shape index (κ2) is 6.10. The van der Waals surface area contributed by atoms with E-state index >= 15 is 0 Å². The van der Waals surface area contributed by atoms with Crippen LogP contribution in [0, 0.1) is 6.92 Å². The summed E-state index contributed by atoms with van der Waals surface area (Å²) in [6.45, 7) is 12.3. The third kappa shape index (κ3) is 4.45. The number of nitrogens with zero attached hydrogens (tertiary/aromatic N) is 3. The molecule has 1 saturated heterocycles. The lowest BCUT2D eigenvalue weighted by Crippen LogP contribution is -2.54. The van der Waals surface area contributed by atoms with Crippen molar-refractivity contribution in [1.82, 2.24) is 20.1 Å². The Morgan fingerprint density at radius 3 is 2.50 bits per heavy atom. The van der Waals surface area contributed by atoms with E-state index in [-0.39, 0.29) is 11.6 Å². The van der Waals surface area contributed by atoms with E-state index in [1.165, 1.54) is 0 Å². The molecule has 6 heteroatoms. The number of aryl methyl sites for hydroxylation is 1. The minimum atomic E-state index is -0.174. The molecule has 0 saturated carbocycles. The molecule has 1 aromatic rings. The zero-order valence-electron chi connectivity index (χ0n) is 12.8. The molecule has 0 bridgehead atoms. The summed E-state index contributed by atoms with van der Waals surface area (Å²) in [4.78, 5) is 20.8. The maximum absolute atomic E-state index is 12.1. The Bertz CT molecular complexity index is 458. The Balaban J connectivity index is 1.79. The summed E-state index contributed by atoms with van der Waals surface area (Å²) in [6.07, 6.45) is 0. The van der Waals surface area contributed by atoms with Crippen molar-refractivity contribution in [2.75, 3.05) is 26.2 Å². The molecule has 0 unspecified atom stereocenters. The molecule has 2 rings (SSSR count). The van der Waals surface area contributed by atoms with Gasteiger partial charge in [-0.2, -0.15) is 0 Å². The van der Waals surface area contributed by atoms with Gasteiger partial charge in [0.2, 0.25) is 0 Å². The minimum absolute atomic E-state index is 0.0432. The molecule has 1 aromatic heterocycles. The van der Waals surface area contributed by atoms with Gasteiger partial charge >= 0.3 is 6.03 Å². The van der Waals surface area contributed by atoms with Gasteiger partial charge in [-0.05, 0) is 27.7 Å². The Hall–Kier alpha value is -1.14. The average molecular weight is 296 g/mol. The van der Waals surface area contributed by atoms with Crippen molar-refractivity contribution in [2.45, 2.75) is 39.8 Å². The summed E-state index contributed by atoms with van der Waals surface area (Å²) in [7, 11) is 0. The SMILES string of the molecule is Cc1nc(CN2CCN(C(=O)NC(C)(C)C)CC2)cs1. The highest BCUT2D eigenvalue weighted by molar-refractivity contribution is 7.09. The number of nitrogens with one attached hydrogen (secondary N) is 1. The third-order valence-corrected chi connectivity index (χ3v) is 4.02. The summed E-state index contributed by atoms with van der Waals surface area (Å²) < 4.78 is 0. The highest BCUT2D eigenvalue weighted by Gasteiger charge is 2.24. The van der Waals surface area contributed by atoms with Crippen LogP contribution in [0.25, 0.3) is 0 Å². The number of piperazine rings is 1. The number of hydrogen-bond acceptors (Lipinski definition) is 4. The van der Waals surface area contributed by atoms with Crippen LogP contribution in [-0.4, -0.2) is 52.5 Å². The summed E-state index contributed by atoms with van der Waals surface area (Å²) in [5.74, 6) is 0. The van der Waals surface area contributed by atoms with E-state index < -0.39 is 0 Å². The number of carbonyl (C=O) groups is 1. The number of rotatable bonds is 2. The van der Waals surface area contributed by atoms with Gasteiger partial charge < -0.3 is 10.2 Å². The molecule has 0 atom stereocenters. The van der Waals surface area contributed by atoms with Gasteiger partial charge in [0.1, 0.15) is 0 Å². The lowest BCUT2D eigenvalue weighted by Gasteiger charge is -2.36. The maximum Gasteiger partial charge on any atom is 0.317 e. The fourth-order valence-corrected chi connectivity index (χ4v) is 2.82.